The van der Waals surface area contributed by atoms with Crippen molar-refractivity contribution < 1.29 is 9.90 Å². The second-order valence-corrected chi connectivity index (χ2v) is 8.38. The second-order valence-electron chi connectivity index (χ2n) is 7.99. The van der Waals surface area contributed by atoms with Crippen LogP contribution < -0.4 is 10.9 Å². The van der Waals surface area contributed by atoms with Crippen molar-refractivity contribution in [3.8, 4) is 6.07 Å². The number of carboxylic acid groups (broad SMARTS) is 1. The maximum Gasteiger partial charge on any atom is 0.356 e. The summed E-state index contributed by atoms with van der Waals surface area (Å²) in [4.78, 5) is 33.2. The van der Waals surface area contributed by atoms with Crippen molar-refractivity contribution in [3.63, 3.8) is 0 Å². The molecule has 9 heteroatoms. The molecule has 0 aliphatic carbocycles. The highest BCUT2D eigenvalue weighted by Crippen LogP contribution is 2.29. The van der Waals surface area contributed by atoms with Gasteiger partial charge in [-0.2, -0.15) is 5.26 Å². The molecule has 0 saturated carbocycles. The van der Waals surface area contributed by atoms with Gasteiger partial charge in [-0.25, -0.2) is 14.8 Å². The molecule has 0 amide bonds. The minimum Gasteiger partial charge on any atom is -0.476 e. The first-order valence-corrected chi connectivity index (χ1v) is 9.93. The summed E-state index contributed by atoms with van der Waals surface area (Å²) in [6.45, 7) is 7.11. The van der Waals surface area contributed by atoms with Gasteiger partial charge in [0.1, 0.15) is 16.4 Å². The number of hydrogen-bond acceptors (Lipinski definition) is 6. The van der Waals surface area contributed by atoms with Crippen molar-refractivity contribution in [2.24, 2.45) is 7.05 Å². The lowest BCUT2D eigenvalue weighted by Gasteiger charge is -2.22. The van der Waals surface area contributed by atoms with E-state index in [1.807, 2.05) is 19.9 Å². The molecule has 8 nitrogen and oxygen atoms in total. The summed E-state index contributed by atoms with van der Waals surface area (Å²) in [6, 6.07) is 8.47. The van der Waals surface area contributed by atoms with Gasteiger partial charge < -0.3 is 10.4 Å². The van der Waals surface area contributed by atoms with E-state index in [1.165, 1.54) is 10.6 Å². The Balaban J connectivity index is 2.22. The number of aromatic carboxylic acids is 1. The average Bonchev–Trinajstić information content (AvgIpc) is 2.71. The average molecular weight is 440 g/mol. The SMILES string of the molecule is Cc1cc(C(C)Nc2ccc(Cl)nc2C(=O)O)c2nc(C(C)(C)C#N)n(C)c(=O)c2c1. The van der Waals surface area contributed by atoms with E-state index in [4.69, 9.17) is 16.6 Å². The maximum atomic E-state index is 13.1. The molecule has 31 heavy (non-hydrogen) atoms. The third-order valence-corrected chi connectivity index (χ3v) is 5.31. The number of carbonyl (C=O) groups is 1. The van der Waals surface area contributed by atoms with Gasteiger partial charge in [0.05, 0.1) is 28.7 Å². The highest BCUT2D eigenvalue weighted by molar-refractivity contribution is 6.29. The molecular weight excluding hydrogens is 418 g/mol. The van der Waals surface area contributed by atoms with E-state index in [-0.39, 0.29) is 16.4 Å². The molecule has 0 aliphatic heterocycles. The maximum absolute atomic E-state index is 13.1. The number of benzene rings is 1. The number of nitriles is 1. The van der Waals surface area contributed by atoms with Gasteiger partial charge in [0.2, 0.25) is 0 Å². The van der Waals surface area contributed by atoms with Crippen LogP contribution in [0.4, 0.5) is 5.69 Å². The molecule has 2 aromatic heterocycles. The summed E-state index contributed by atoms with van der Waals surface area (Å²) in [6.07, 6.45) is 0. The standard InChI is InChI=1S/C22H22ClN5O3/c1-11-8-13(12(2)25-15-6-7-16(23)26-18(15)20(30)31)17-14(9-11)19(29)28(5)21(27-17)22(3,4)10-24/h6-9,12,25H,1-5H3,(H,30,31). The van der Waals surface area contributed by atoms with Gasteiger partial charge >= 0.3 is 5.97 Å². The fourth-order valence-electron chi connectivity index (χ4n) is 3.52. The largest absolute Gasteiger partial charge is 0.476 e. The van der Waals surface area contributed by atoms with Crippen molar-refractivity contribution in [2.75, 3.05) is 5.32 Å². The fraction of sp³-hybridized carbons (Fsp3) is 0.318. The molecule has 0 bridgehead atoms. The van der Waals surface area contributed by atoms with Gasteiger partial charge in [0.25, 0.3) is 5.56 Å². The van der Waals surface area contributed by atoms with Gasteiger partial charge in [0, 0.05) is 12.6 Å². The predicted molar refractivity (Wildman–Crippen MR) is 119 cm³/mol. The van der Waals surface area contributed by atoms with Crippen molar-refractivity contribution >= 4 is 34.2 Å². The number of halogens is 1. The molecule has 0 spiro atoms. The van der Waals surface area contributed by atoms with Gasteiger partial charge in [-0.1, -0.05) is 17.7 Å². The van der Waals surface area contributed by atoms with Crippen LogP contribution in [0.25, 0.3) is 10.9 Å². The van der Waals surface area contributed by atoms with E-state index >= 15 is 0 Å². The Labute approximate surface area is 184 Å². The monoisotopic (exact) mass is 439 g/mol. The summed E-state index contributed by atoms with van der Waals surface area (Å²) in [7, 11) is 1.60. The van der Waals surface area contributed by atoms with Crippen molar-refractivity contribution in [1.82, 2.24) is 14.5 Å². The van der Waals surface area contributed by atoms with Crippen molar-refractivity contribution in [3.05, 3.63) is 62.4 Å². The van der Waals surface area contributed by atoms with Gasteiger partial charge in [0.15, 0.2) is 5.69 Å². The first-order valence-electron chi connectivity index (χ1n) is 9.55. The summed E-state index contributed by atoms with van der Waals surface area (Å²) in [5.41, 5.74) is 0.888. The summed E-state index contributed by atoms with van der Waals surface area (Å²) < 4.78 is 1.40. The first-order chi connectivity index (χ1) is 14.5. The lowest BCUT2D eigenvalue weighted by Crippen LogP contribution is -2.31. The molecule has 160 valence electrons. The lowest BCUT2D eigenvalue weighted by atomic mass is 9.93. The zero-order valence-electron chi connectivity index (χ0n) is 17.8. The Morgan fingerprint density at radius 2 is 2.00 bits per heavy atom. The highest BCUT2D eigenvalue weighted by Gasteiger charge is 2.27. The van der Waals surface area contributed by atoms with E-state index in [0.717, 1.165) is 5.56 Å². The molecule has 2 heterocycles. The molecule has 0 aliphatic rings. The summed E-state index contributed by atoms with van der Waals surface area (Å²) >= 11 is 5.84. The van der Waals surface area contributed by atoms with Crippen LogP contribution in [0.1, 0.15) is 54.3 Å². The molecule has 1 aromatic carbocycles. The lowest BCUT2D eigenvalue weighted by molar-refractivity contribution is 0.0691. The smallest absolute Gasteiger partial charge is 0.356 e. The minimum absolute atomic E-state index is 0.0742. The Hall–Kier alpha value is -3.44. The van der Waals surface area contributed by atoms with Crippen LogP contribution in [0.15, 0.2) is 29.1 Å². The van der Waals surface area contributed by atoms with E-state index < -0.39 is 17.4 Å². The number of nitrogens with zero attached hydrogens (tertiary/aromatic N) is 4. The number of hydrogen-bond donors (Lipinski definition) is 2. The number of rotatable bonds is 5. The molecular formula is C22H22ClN5O3. The zero-order valence-corrected chi connectivity index (χ0v) is 18.6. The number of anilines is 1. The van der Waals surface area contributed by atoms with E-state index in [9.17, 15) is 20.0 Å². The summed E-state index contributed by atoms with van der Waals surface area (Å²) in [5.74, 6) is -0.861. The van der Waals surface area contributed by atoms with E-state index in [0.29, 0.717) is 28.0 Å². The van der Waals surface area contributed by atoms with Gasteiger partial charge in [-0.05, 0) is 51.5 Å². The zero-order chi connectivity index (χ0) is 23.1. The Morgan fingerprint density at radius 3 is 2.61 bits per heavy atom. The Kier molecular flexibility index (Phi) is 5.74. The third kappa shape index (κ3) is 4.09. The quantitative estimate of drug-likeness (QED) is 0.577. The third-order valence-electron chi connectivity index (χ3n) is 5.10. The fourth-order valence-corrected chi connectivity index (χ4v) is 3.66. The molecule has 1 unspecified atom stereocenters. The first kappa shape index (κ1) is 22.2. The number of carboxylic acids is 1. The Bertz CT molecular complexity index is 1310. The predicted octanol–water partition coefficient (Wildman–Crippen LogP) is 3.96. The van der Waals surface area contributed by atoms with Gasteiger partial charge in [-0.3, -0.25) is 9.36 Å². The van der Waals surface area contributed by atoms with Gasteiger partial charge in [-0.15, -0.1) is 0 Å². The molecule has 0 fully saturated rings. The van der Waals surface area contributed by atoms with Crippen LogP contribution in [0.3, 0.4) is 0 Å². The number of fused-ring (bicyclic) bond motifs is 1. The van der Waals surface area contributed by atoms with Crippen molar-refractivity contribution in [1.29, 1.82) is 5.26 Å². The van der Waals surface area contributed by atoms with Crippen LogP contribution in [0, 0.1) is 18.3 Å². The molecule has 2 N–H and O–H groups in total. The van der Waals surface area contributed by atoms with Crippen LogP contribution in [-0.4, -0.2) is 25.6 Å². The molecule has 1 atom stereocenters. The second kappa shape index (κ2) is 8.00. The van der Waals surface area contributed by atoms with E-state index in [2.05, 4.69) is 16.4 Å². The van der Waals surface area contributed by atoms with Crippen LogP contribution in [-0.2, 0) is 12.5 Å². The molecule has 3 aromatic rings. The van der Waals surface area contributed by atoms with E-state index in [1.54, 1.807) is 33.0 Å². The van der Waals surface area contributed by atoms with Crippen LogP contribution in [0.5, 0.6) is 0 Å². The summed E-state index contributed by atoms with van der Waals surface area (Å²) in [5, 5.41) is 22.7. The highest BCUT2D eigenvalue weighted by atomic mass is 35.5. The van der Waals surface area contributed by atoms with Crippen molar-refractivity contribution in [2.45, 2.75) is 39.2 Å². The Morgan fingerprint density at radius 1 is 1.32 bits per heavy atom. The number of aryl methyl sites for hydroxylation is 1. The van der Waals surface area contributed by atoms with Crippen LogP contribution >= 0.6 is 11.6 Å². The normalized spacial score (nSPS) is 12.4. The number of nitrogens with one attached hydrogen (secondary N) is 1. The van der Waals surface area contributed by atoms with Crippen LogP contribution in [0.2, 0.25) is 5.15 Å². The molecule has 0 saturated heterocycles. The minimum atomic E-state index is -1.21. The number of aromatic nitrogens is 3. The molecule has 3 rings (SSSR count). The topological polar surface area (TPSA) is 121 Å². The number of pyridine rings is 1. The molecule has 0 radical (unpaired) electrons.